The third kappa shape index (κ3) is 5.68. The van der Waals surface area contributed by atoms with Crippen molar-refractivity contribution in [2.24, 2.45) is 5.92 Å². The highest BCUT2D eigenvalue weighted by Gasteiger charge is 2.34. The van der Waals surface area contributed by atoms with Crippen LogP contribution in [-0.2, 0) is 20.9 Å². The van der Waals surface area contributed by atoms with Crippen molar-refractivity contribution in [3.05, 3.63) is 42.5 Å². The van der Waals surface area contributed by atoms with Gasteiger partial charge < -0.3 is 15.0 Å². The summed E-state index contributed by atoms with van der Waals surface area (Å²) < 4.78 is 7.68. The number of carbonyl (C=O) groups is 2. The minimum Gasteiger partial charge on any atom is -0.370 e. The molecule has 0 spiro atoms. The summed E-state index contributed by atoms with van der Waals surface area (Å²) in [5.41, 5.74) is 1.88. The van der Waals surface area contributed by atoms with Gasteiger partial charge in [0, 0.05) is 57.7 Å². The molecule has 1 saturated carbocycles. The van der Waals surface area contributed by atoms with Crippen LogP contribution >= 0.6 is 0 Å². The van der Waals surface area contributed by atoms with E-state index in [1.165, 1.54) is 4.90 Å². The molecular weight excluding hydrogens is 396 g/mol. The number of ether oxygens (including phenoxy) is 1. The molecule has 9 nitrogen and oxygen atoms in total. The van der Waals surface area contributed by atoms with Gasteiger partial charge in [0.25, 0.3) is 0 Å². The first-order chi connectivity index (χ1) is 15.0. The third-order valence-electron chi connectivity index (χ3n) is 5.84. The van der Waals surface area contributed by atoms with E-state index < -0.39 is 0 Å². The Morgan fingerprint density at radius 3 is 2.84 bits per heavy atom. The van der Waals surface area contributed by atoms with E-state index in [9.17, 15) is 9.59 Å². The summed E-state index contributed by atoms with van der Waals surface area (Å²) in [5.74, 6) is 0.202. The number of likely N-dealkylation sites (N-methyl/N-ethyl adjacent to an activating group) is 1. The zero-order valence-electron chi connectivity index (χ0n) is 18.1. The van der Waals surface area contributed by atoms with Gasteiger partial charge in [0.15, 0.2) is 0 Å². The molecule has 3 heterocycles. The summed E-state index contributed by atoms with van der Waals surface area (Å²) in [5, 5.41) is 7.46. The van der Waals surface area contributed by atoms with Crippen LogP contribution in [0.15, 0.2) is 36.9 Å². The first-order valence-electron chi connectivity index (χ1n) is 10.8. The topological polar surface area (TPSA) is 92.6 Å². The highest BCUT2D eigenvalue weighted by molar-refractivity contribution is 5.93. The molecule has 0 bridgehead atoms. The number of pyridine rings is 1. The number of anilines is 1. The van der Waals surface area contributed by atoms with E-state index in [2.05, 4.69) is 26.4 Å². The van der Waals surface area contributed by atoms with Gasteiger partial charge in [-0.25, -0.2) is 0 Å². The first-order valence-corrected chi connectivity index (χ1v) is 10.8. The molecule has 1 aliphatic heterocycles. The largest absolute Gasteiger partial charge is 0.370 e. The van der Waals surface area contributed by atoms with Crippen LogP contribution in [0.2, 0.25) is 0 Å². The monoisotopic (exact) mass is 426 g/mol. The zero-order chi connectivity index (χ0) is 21.8. The number of aromatic nitrogens is 3. The maximum atomic E-state index is 12.0. The molecule has 31 heavy (non-hydrogen) atoms. The van der Waals surface area contributed by atoms with Gasteiger partial charge in [-0.2, -0.15) is 5.10 Å². The third-order valence-corrected chi connectivity index (χ3v) is 5.84. The van der Waals surface area contributed by atoms with Gasteiger partial charge in [-0.1, -0.05) is 6.07 Å². The number of rotatable bonds is 9. The Bertz CT molecular complexity index is 896. The average molecular weight is 427 g/mol. The van der Waals surface area contributed by atoms with E-state index in [0.29, 0.717) is 6.61 Å². The fourth-order valence-electron chi connectivity index (χ4n) is 3.85. The molecule has 2 amide bonds. The quantitative estimate of drug-likeness (QED) is 0.654. The van der Waals surface area contributed by atoms with Crippen molar-refractivity contribution in [2.75, 3.05) is 39.2 Å². The molecule has 9 heteroatoms. The molecule has 2 aromatic rings. The van der Waals surface area contributed by atoms with Gasteiger partial charge in [-0.05, 0) is 30.9 Å². The Morgan fingerprint density at radius 1 is 1.29 bits per heavy atom. The molecule has 1 aliphatic carbocycles. The fraction of sp³-hybridized carbons (Fsp3) is 0.545. The molecule has 1 saturated heterocycles. The van der Waals surface area contributed by atoms with E-state index >= 15 is 0 Å². The zero-order valence-corrected chi connectivity index (χ0v) is 18.1. The average Bonchev–Trinajstić information content (AvgIpc) is 3.40. The molecule has 0 radical (unpaired) electrons. The van der Waals surface area contributed by atoms with Gasteiger partial charge >= 0.3 is 0 Å². The number of nitrogens with one attached hydrogen (secondary N) is 1. The summed E-state index contributed by atoms with van der Waals surface area (Å²) in [6.45, 7) is 2.12. The van der Waals surface area contributed by atoms with Crippen LogP contribution in [0.25, 0.3) is 0 Å². The van der Waals surface area contributed by atoms with Gasteiger partial charge in [0.2, 0.25) is 11.8 Å². The summed E-state index contributed by atoms with van der Waals surface area (Å²) in [6, 6.07) is 4.33. The smallest absolute Gasteiger partial charge is 0.248 e. The highest BCUT2D eigenvalue weighted by atomic mass is 16.5. The van der Waals surface area contributed by atoms with Gasteiger partial charge in [0.1, 0.15) is 6.61 Å². The molecule has 4 rings (SSSR count). The Balaban J connectivity index is 1.40. The molecule has 2 atom stereocenters. The van der Waals surface area contributed by atoms with Crippen LogP contribution in [0.5, 0.6) is 0 Å². The van der Waals surface area contributed by atoms with E-state index in [4.69, 9.17) is 4.74 Å². The van der Waals surface area contributed by atoms with E-state index in [1.807, 2.05) is 23.1 Å². The number of hydrogen-bond acceptors (Lipinski definition) is 6. The minimum absolute atomic E-state index is 0.0449. The summed E-state index contributed by atoms with van der Waals surface area (Å²) in [6.07, 6.45) is 10.1. The normalized spacial score (nSPS) is 21.2. The SMILES string of the molecule is CN(C)C(=O)COC[C@@H]1C[C@H](n2cc(NC(=O)C3CC3)cn2)CN1Cc1cccnc1. The summed E-state index contributed by atoms with van der Waals surface area (Å²) in [7, 11) is 3.45. The van der Waals surface area contributed by atoms with Crippen molar-refractivity contribution in [3.8, 4) is 0 Å². The van der Waals surface area contributed by atoms with Crippen LogP contribution in [0.3, 0.4) is 0 Å². The van der Waals surface area contributed by atoms with E-state index in [0.717, 1.165) is 43.6 Å². The first kappa shape index (κ1) is 21.5. The van der Waals surface area contributed by atoms with Crippen molar-refractivity contribution in [3.63, 3.8) is 0 Å². The van der Waals surface area contributed by atoms with Crippen molar-refractivity contribution < 1.29 is 14.3 Å². The lowest BCUT2D eigenvalue weighted by Gasteiger charge is -2.24. The lowest BCUT2D eigenvalue weighted by molar-refractivity contribution is -0.134. The Labute approximate surface area is 182 Å². The number of nitrogens with zero attached hydrogens (tertiary/aromatic N) is 5. The second kappa shape index (κ2) is 9.57. The van der Waals surface area contributed by atoms with E-state index in [1.54, 1.807) is 26.5 Å². The Hall–Kier alpha value is -2.78. The molecular formula is C22H30N6O3. The van der Waals surface area contributed by atoms with Gasteiger partial charge in [0.05, 0.1) is 24.5 Å². The van der Waals surface area contributed by atoms with Crippen molar-refractivity contribution >= 4 is 17.5 Å². The maximum Gasteiger partial charge on any atom is 0.248 e. The van der Waals surface area contributed by atoms with Crippen LogP contribution < -0.4 is 5.32 Å². The Morgan fingerprint density at radius 2 is 2.13 bits per heavy atom. The fourth-order valence-corrected chi connectivity index (χ4v) is 3.85. The number of hydrogen-bond donors (Lipinski definition) is 1. The second-order valence-electron chi connectivity index (χ2n) is 8.61. The standard InChI is InChI=1S/C22H30N6O3/c1-26(2)21(29)15-31-14-20-8-19(13-27(20)11-16-4-3-7-23-9-16)28-12-18(10-24-28)25-22(30)17-5-6-17/h3-4,7,9-10,12,17,19-20H,5-6,8,11,13-15H2,1-2H3,(H,25,30)/t19-,20-/m0/s1. The van der Waals surface area contributed by atoms with Gasteiger partial charge in [-0.3, -0.25) is 24.2 Å². The molecule has 2 aliphatic rings. The number of likely N-dealkylation sites (tertiary alicyclic amines) is 1. The van der Waals surface area contributed by atoms with Crippen LogP contribution in [-0.4, -0.2) is 76.3 Å². The lowest BCUT2D eigenvalue weighted by atomic mass is 10.2. The van der Waals surface area contributed by atoms with Crippen LogP contribution in [0.4, 0.5) is 5.69 Å². The molecule has 0 unspecified atom stereocenters. The van der Waals surface area contributed by atoms with E-state index in [-0.39, 0.29) is 36.4 Å². The van der Waals surface area contributed by atoms with Crippen molar-refractivity contribution in [1.29, 1.82) is 0 Å². The highest BCUT2D eigenvalue weighted by Crippen LogP contribution is 2.31. The van der Waals surface area contributed by atoms with Crippen LogP contribution in [0, 0.1) is 5.92 Å². The number of amides is 2. The molecule has 1 N–H and O–H groups in total. The predicted octanol–water partition coefficient (Wildman–Crippen LogP) is 1.55. The van der Waals surface area contributed by atoms with Gasteiger partial charge in [-0.15, -0.1) is 0 Å². The minimum atomic E-state index is -0.0449. The second-order valence-corrected chi connectivity index (χ2v) is 8.61. The van der Waals surface area contributed by atoms with Crippen molar-refractivity contribution in [2.45, 2.75) is 37.9 Å². The Kier molecular flexibility index (Phi) is 6.62. The molecule has 0 aromatic carbocycles. The number of carbonyl (C=O) groups excluding carboxylic acids is 2. The van der Waals surface area contributed by atoms with Crippen LogP contribution in [0.1, 0.15) is 30.9 Å². The summed E-state index contributed by atoms with van der Waals surface area (Å²) >= 11 is 0. The molecule has 166 valence electrons. The molecule has 2 aromatic heterocycles. The predicted molar refractivity (Wildman–Crippen MR) is 115 cm³/mol. The summed E-state index contributed by atoms with van der Waals surface area (Å²) in [4.78, 5) is 32.0. The van der Waals surface area contributed by atoms with Crippen molar-refractivity contribution in [1.82, 2.24) is 24.6 Å². The molecule has 2 fully saturated rings. The maximum absolute atomic E-state index is 12.0. The lowest BCUT2D eigenvalue weighted by Crippen LogP contribution is -2.34.